The fraction of sp³-hybridized carbons (Fsp3) is 0.500. The molecule has 19 heavy (non-hydrogen) atoms. The fourth-order valence-electron chi connectivity index (χ4n) is 1.51. The molecular formula is C14H23N2O3+. The van der Waals surface area contributed by atoms with Crippen molar-refractivity contribution in [3.63, 3.8) is 0 Å². The van der Waals surface area contributed by atoms with Crippen molar-refractivity contribution in [3.8, 4) is 11.5 Å². The summed E-state index contributed by atoms with van der Waals surface area (Å²) in [5.41, 5.74) is 0.643. The van der Waals surface area contributed by atoms with E-state index in [9.17, 15) is 4.79 Å². The van der Waals surface area contributed by atoms with Crippen LogP contribution in [0.2, 0.25) is 0 Å². The number of nitrogens with one attached hydrogen (secondary N) is 1. The summed E-state index contributed by atoms with van der Waals surface area (Å²) < 4.78 is 10.3. The van der Waals surface area contributed by atoms with E-state index in [0.717, 1.165) is 0 Å². The van der Waals surface area contributed by atoms with Gasteiger partial charge in [-0.3, -0.25) is 4.79 Å². The quantitative estimate of drug-likeness (QED) is 0.836. The molecule has 0 unspecified atom stereocenters. The third-order valence-electron chi connectivity index (χ3n) is 2.58. The van der Waals surface area contributed by atoms with Crippen molar-refractivity contribution in [2.75, 3.05) is 26.1 Å². The summed E-state index contributed by atoms with van der Waals surface area (Å²) in [5, 5.41) is 4.81. The predicted molar refractivity (Wildman–Crippen MR) is 74.7 cm³/mol. The van der Waals surface area contributed by atoms with Gasteiger partial charge in [0.15, 0.2) is 6.54 Å². The van der Waals surface area contributed by atoms with E-state index in [1.54, 1.807) is 32.4 Å². The second kappa shape index (κ2) is 6.43. The minimum Gasteiger partial charge on any atom is -0.497 e. The van der Waals surface area contributed by atoms with Crippen molar-refractivity contribution in [1.82, 2.24) is 0 Å². The third-order valence-corrected chi connectivity index (χ3v) is 2.58. The van der Waals surface area contributed by atoms with Crippen molar-refractivity contribution >= 4 is 11.6 Å². The van der Waals surface area contributed by atoms with E-state index >= 15 is 0 Å². The largest absolute Gasteiger partial charge is 0.497 e. The average molecular weight is 267 g/mol. The molecule has 0 heterocycles. The molecule has 106 valence electrons. The van der Waals surface area contributed by atoms with Gasteiger partial charge in [0.1, 0.15) is 11.5 Å². The first-order valence-electron chi connectivity index (χ1n) is 6.22. The van der Waals surface area contributed by atoms with Gasteiger partial charge in [-0.05, 0) is 32.9 Å². The summed E-state index contributed by atoms with van der Waals surface area (Å²) in [6.45, 7) is 6.55. The lowest BCUT2D eigenvalue weighted by Crippen LogP contribution is -2.95. The van der Waals surface area contributed by atoms with Crippen molar-refractivity contribution in [2.45, 2.75) is 26.3 Å². The van der Waals surface area contributed by atoms with Gasteiger partial charge in [0.05, 0.1) is 25.4 Å². The van der Waals surface area contributed by atoms with Crippen LogP contribution in [0.1, 0.15) is 20.8 Å². The summed E-state index contributed by atoms with van der Waals surface area (Å²) in [5.74, 6) is 1.22. The molecule has 0 atom stereocenters. The third kappa shape index (κ3) is 5.18. The first kappa shape index (κ1) is 15.3. The summed E-state index contributed by atoms with van der Waals surface area (Å²) in [6, 6.07) is 5.30. The van der Waals surface area contributed by atoms with Gasteiger partial charge in [-0.2, -0.15) is 0 Å². The number of nitrogens with two attached hydrogens (primary N) is 1. The zero-order valence-corrected chi connectivity index (χ0v) is 12.2. The molecule has 0 saturated heterocycles. The van der Waals surface area contributed by atoms with E-state index in [2.05, 4.69) is 26.1 Å². The number of benzene rings is 1. The molecule has 5 nitrogen and oxygen atoms in total. The van der Waals surface area contributed by atoms with Crippen LogP contribution in [0.25, 0.3) is 0 Å². The smallest absolute Gasteiger partial charge is 0.279 e. The highest BCUT2D eigenvalue weighted by atomic mass is 16.5. The van der Waals surface area contributed by atoms with E-state index in [0.29, 0.717) is 23.7 Å². The number of rotatable bonds is 5. The van der Waals surface area contributed by atoms with Gasteiger partial charge in [0.2, 0.25) is 0 Å². The predicted octanol–water partition coefficient (Wildman–Crippen LogP) is 1.00. The Morgan fingerprint density at radius 2 is 1.95 bits per heavy atom. The van der Waals surface area contributed by atoms with Crippen molar-refractivity contribution in [3.05, 3.63) is 18.2 Å². The van der Waals surface area contributed by atoms with E-state index in [1.807, 2.05) is 5.32 Å². The van der Waals surface area contributed by atoms with Crippen LogP contribution in [-0.2, 0) is 4.79 Å². The summed E-state index contributed by atoms with van der Waals surface area (Å²) in [4.78, 5) is 11.9. The zero-order chi connectivity index (χ0) is 14.5. The lowest BCUT2D eigenvalue weighted by atomic mass is 10.1. The standard InChI is InChI=1S/C14H22N2O3/c1-14(2,3)15-9-13(17)16-11-8-10(18-4)6-7-12(11)19-5/h6-8,15H,9H2,1-5H3,(H,16,17)/p+1. The van der Waals surface area contributed by atoms with Crippen LogP contribution in [0.4, 0.5) is 5.69 Å². The Balaban J connectivity index is 2.72. The fourth-order valence-corrected chi connectivity index (χ4v) is 1.51. The Morgan fingerprint density at radius 1 is 1.26 bits per heavy atom. The Kier molecular flexibility index (Phi) is 5.18. The number of hydrogen-bond donors (Lipinski definition) is 2. The van der Waals surface area contributed by atoms with Gasteiger partial charge in [-0.25, -0.2) is 0 Å². The van der Waals surface area contributed by atoms with Crippen LogP contribution in [0, 0.1) is 0 Å². The minimum atomic E-state index is -0.0681. The molecule has 0 fully saturated rings. The molecule has 0 bridgehead atoms. The molecule has 3 N–H and O–H groups in total. The van der Waals surface area contributed by atoms with Gasteiger partial charge in [0.25, 0.3) is 5.91 Å². The van der Waals surface area contributed by atoms with Crippen molar-refractivity contribution in [1.29, 1.82) is 0 Å². The Labute approximate surface area is 114 Å². The zero-order valence-electron chi connectivity index (χ0n) is 12.2. The van der Waals surface area contributed by atoms with Gasteiger partial charge in [-0.1, -0.05) is 0 Å². The molecule has 0 aliphatic carbocycles. The monoisotopic (exact) mass is 267 g/mol. The molecule has 1 amide bonds. The number of hydrogen-bond acceptors (Lipinski definition) is 3. The topological polar surface area (TPSA) is 64.2 Å². The van der Waals surface area contributed by atoms with Crippen LogP contribution < -0.4 is 20.1 Å². The molecule has 1 aromatic carbocycles. The second-order valence-corrected chi connectivity index (χ2v) is 5.39. The maximum atomic E-state index is 11.9. The normalized spacial score (nSPS) is 11.0. The van der Waals surface area contributed by atoms with Gasteiger partial charge in [0, 0.05) is 6.07 Å². The van der Waals surface area contributed by atoms with Crippen LogP contribution >= 0.6 is 0 Å². The number of quaternary nitrogens is 1. The number of ether oxygens (including phenoxy) is 2. The lowest BCUT2D eigenvalue weighted by Gasteiger charge is -2.17. The Morgan fingerprint density at radius 3 is 2.47 bits per heavy atom. The molecule has 0 aliphatic rings. The molecule has 0 aliphatic heterocycles. The van der Waals surface area contributed by atoms with Crippen molar-refractivity contribution in [2.24, 2.45) is 0 Å². The molecule has 0 saturated carbocycles. The molecule has 5 heteroatoms. The van der Waals surface area contributed by atoms with Crippen LogP contribution in [0.3, 0.4) is 0 Å². The number of carbonyl (C=O) groups is 1. The Bertz CT molecular complexity index is 439. The van der Waals surface area contributed by atoms with Gasteiger partial charge < -0.3 is 20.1 Å². The molecule has 0 spiro atoms. The van der Waals surface area contributed by atoms with E-state index in [4.69, 9.17) is 9.47 Å². The maximum Gasteiger partial charge on any atom is 0.279 e. The first-order chi connectivity index (χ1) is 8.85. The number of carbonyl (C=O) groups excluding carboxylic acids is 1. The summed E-state index contributed by atoms with van der Waals surface area (Å²) >= 11 is 0. The van der Waals surface area contributed by atoms with Crippen LogP contribution in [0.5, 0.6) is 11.5 Å². The van der Waals surface area contributed by atoms with E-state index < -0.39 is 0 Å². The van der Waals surface area contributed by atoms with Crippen LogP contribution in [-0.4, -0.2) is 32.2 Å². The molecular weight excluding hydrogens is 244 g/mol. The molecule has 1 rings (SSSR count). The number of methoxy groups -OCH3 is 2. The number of anilines is 1. The SMILES string of the molecule is COc1ccc(OC)c(NC(=O)C[NH2+]C(C)(C)C)c1. The number of amides is 1. The average Bonchev–Trinajstić information content (AvgIpc) is 2.35. The summed E-state index contributed by atoms with van der Waals surface area (Å²) in [7, 11) is 3.15. The highest BCUT2D eigenvalue weighted by Crippen LogP contribution is 2.28. The summed E-state index contributed by atoms with van der Waals surface area (Å²) in [6.07, 6.45) is 0. The second-order valence-electron chi connectivity index (χ2n) is 5.39. The van der Waals surface area contributed by atoms with Crippen molar-refractivity contribution < 1.29 is 19.6 Å². The molecule has 0 radical (unpaired) electrons. The van der Waals surface area contributed by atoms with E-state index in [-0.39, 0.29) is 11.4 Å². The first-order valence-corrected chi connectivity index (χ1v) is 6.22. The molecule has 0 aromatic heterocycles. The van der Waals surface area contributed by atoms with E-state index in [1.165, 1.54) is 0 Å². The maximum absolute atomic E-state index is 11.9. The van der Waals surface area contributed by atoms with Crippen LogP contribution in [0.15, 0.2) is 18.2 Å². The highest BCUT2D eigenvalue weighted by Gasteiger charge is 2.16. The van der Waals surface area contributed by atoms with Gasteiger partial charge >= 0.3 is 0 Å². The lowest BCUT2D eigenvalue weighted by molar-refractivity contribution is -0.707. The Hall–Kier alpha value is -1.75. The van der Waals surface area contributed by atoms with Gasteiger partial charge in [-0.15, -0.1) is 0 Å². The molecule has 1 aromatic rings. The minimum absolute atomic E-state index is 0.0236. The highest BCUT2D eigenvalue weighted by molar-refractivity contribution is 5.93.